The topological polar surface area (TPSA) is 21.3 Å². The summed E-state index contributed by atoms with van der Waals surface area (Å²) in [7, 11) is 1.73. The van der Waals surface area contributed by atoms with E-state index < -0.39 is 0 Å². The predicted molar refractivity (Wildman–Crippen MR) is 72.2 cm³/mol. The van der Waals surface area contributed by atoms with E-state index in [1.54, 1.807) is 7.11 Å². The van der Waals surface area contributed by atoms with Crippen LogP contribution in [0.15, 0.2) is 42.5 Å². The number of fused-ring (bicyclic) bond motifs is 5. The Balaban J connectivity index is 1.81. The number of anilines is 1. The molecule has 2 heteroatoms. The normalized spacial score (nSPS) is 22.9. The van der Waals surface area contributed by atoms with E-state index in [-0.39, 0.29) is 0 Å². The Morgan fingerprint density at radius 1 is 1.11 bits per heavy atom. The van der Waals surface area contributed by atoms with Gasteiger partial charge in [-0.15, -0.1) is 0 Å². The summed E-state index contributed by atoms with van der Waals surface area (Å²) in [6, 6.07) is 15.5. The third kappa shape index (κ3) is 1.23. The van der Waals surface area contributed by atoms with Crippen LogP contribution in [0.1, 0.15) is 28.7 Å². The molecule has 1 aliphatic heterocycles. The summed E-state index contributed by atoms with van der Waals surface area (Å²) in [4.78, 5) is 0. The first kappa shape index (κ1) is 10.0. The minimum atomic E-state index is 0.448. The molecule has 4 rings (SSSR count). The fourth-order valence-electron chi connectivity index (χ4n) is 3.34. The summed E-state index contributed by atoms with van der Waals surface area (Å²) in [5.74, 6) is 1.51. The first-order chi connectivity index (χ1) is 8.86. The average Bonchev–Trinajstić information content (AvgIpc) is 2.94. The molecule has 0 fully saturated rings. The standard InChI is InChI=1S/C16H15NO/c1-18-11-6-7-15-13(9-11)14-8-10-4-2-3-5-12(10)16(14)17-15/h2-7,9,14,16-17H,8H2,1H3/t14-,16-/m1/s1. The van der Waals surface area contributed by atoms with Gasteiger partial charge in [-0.1, -0.05) is 24.3 Å². The molecule has 2 aromatic rings. The Morgan fingerprint density at radius 2 is 2.00 bits per heavy atom. The van der Waals surface area contributed by atoms with E-state index in [9.17, 15) is 0 Å². The zero-order valence-corrected chi connectivity index (χ0v) is 10.3. The van der Waals surface area contributed by atoms with Crippen LogP contribution in [0, 0.1) is 0 Å². The van der Waals surface area contributed by atoms with Crippen molar-refractivity contribution in [1.29, 1.82) is 0 Å². The van der Waals surface area contributed by atoms with Gasteiger partial charge in [-0.05, 0) is 41.3 Å². The summed E-state index contributed by atoms with van der Waals surface area (Å²) in [6.45, 7) is 0. The summed E-state index contributed by atoms with van der Waals surface area (Å²) in [5, 5.41) is 3.65. The minimum Gasteiger partial charge on any atom is -0.497 e. The summed E-state index contributed by atoms with van der Waals surface area (Å²) in [5.41, 5.74) is 5.60. The lowest BCUT2D eigenvalue weighted by Gasteiger charge is -2.11. The molecule has 0 saturated carbocycles. The second-order valence-electron chi connectivity index (χ2n) is 5.08. The Kier molecular flexibility index (Phi) is 1.95. The van der Waals surface area contributed by atoms with Crippen molar-refractivity contribution in [2.75, 3.05) is 12.4 Å². The second-order valence-corrected chi connectivity index (χ2v) is 5.08. The number of hydrogen-bond acceptors (Lipinski definition) is 2. The zero-order valence-electron chi connectivity index (χ0n) is 10.3. The van der Waals surface area contributed by atoms with E-state index in [1.165, 1.54) is 22.4 Å². The molecule has 0 amide bonds. The van der Waals surface area contributed by atoms with Gasteiger partial charge in [0.05, 0.1) is 13.2 Å². The SMILES string of the molecule is COc1ccc2c(c1)[C@H]1Cc3ccccc3[C@H]1N2. The molecule has 1 N–H and O–H groups in total. The van der Waals surface area contributed by atoms with Gasteiger partial charge in [0.25, 0.3) is 0 Å². The maximum atomic E-state index is 5.34. The predicted octanol–water partition coefficient (Wildman–Crippen LogP) is 3.50. The largest absolute Gasteiger partial charge is 0.497 e. The molecule has 0 saturated heterocycles. The third-order valence-corrected chi connectivity index (χ3v) is 4.20. The molecule has 2 aromatic carbocycles. The van der Waals surface area contributed by atoms with Gasteiger partial charge in [-0.25, -0.2) is 0 Å². The molecule has 2 atom stereocenters. The van der Waals surface area contributed by atoms with Crippen molar-refractivity contribution in [3.63, 3.8) is 0 Å². The lowest BCUT2D eigenvalue weighted by atomic mass is 9.96. The fraction of sp³-hybridized carbons (Fsp3) is 0.250. The van der Waals surface area contributed by atoms with E-state index in [0.717, 1.165) is 12.2 Å². The van der Waals surface area contributed by atoms with Gasteiger partial charge in [0.2, 0.25) is 0 Å². The quantitative estimate of drug-likeness (QED) is 0.819. The van der Waals surface area contributed by atoms with E-state index in [4.69, 9.17) is 4.74 Å². The van der Waals surface area contributed by atoms with Gasteiger partial charge in [0.15, 0.2) is 0 Å². The van der Waals surface area contributed by atoms with Crippen molar-refractivity contribution in [2.24, 2.45) is 0 Å². The highest BCUT2D eigenvalue weighted by Crippen LogP contribution is 2.51. The van der Waals surface area contributed by atoms with Gasteiger partial charge in [-0.3, -0.25) is 0 Å². The van der Waals surface area contributed by atoms with Crippen molar-refractivity contribution in [1.82, 2.24) is 0 Å². The van der Waals surface area contributed by atoms with Gasteiger partial charge >= 0.3 is 0 Å². The van der Waals surface area contributed by atoms with Crippen LogP contribution in [0.5, 0.6) is 5.75 Å². The van der Waals surface area contributed by atoms with E-state index in [2.05, 4.69) is 41.7 Å². The Hall–Kier alpha value is -1.96. The van der Waals surface area contributed by atoms with Crippen LogP contribution in [0.25, 0.3) is 0 Å². The van der Waals surface area contributed by atoms with Crippen LogP contribution in [0.2, 0.25) is 0 Å². The van der Waals surface area contributed by atoms with Crippen LogP contribution in [0.3, 0.4) is 0 Å². The molecule has 90 valence electrons. The monoisotopic (exact) mass is 237 g/mol. The molecule has 2 nitrogen and oxygen atoms in total. The minimum absolute atomic E-state index is 0.448. The van der Waals surface area contributed by atoms with Gasteiger partial charge < -0.3 is 10.1 Å². The Labute approximate surface area is 107 Å². The van der Waals surface area contributed by atoms with Crippen molar-refractivity contribution in [3.8, 4) is 5.75 Å². The molecule has 0 unspecified atom stereocenters. The smallest absolute Gasteiger partial charge is 0.119 e. The lowest BCUT2D eigenvalue weighted by molar-refractivity contribution is 0.414. The number of hydrogen-bond donors (Lipinski definition) is 1. The molecular formula is C16H15NO. The Bertz CT molecular complexity index is 620. The van der Waals surface area contributed by atoms with Crippen molar-refractivity contribution in [2.45, 2.75) is 18.4 Å². The lowest BCUT2D eigenvalue weighted by Crippen LogP contribution is -2.05. The van der Waals surface area contributed by atoms with E-state index in [0.29, 0.717) is 12.0 Å². The molecule has 2 aliphatic rings. The molecule has 18 heavy (non-hydrogen) atoms. The van der Waals surface area contributed by atoms with Crippen LogP contribution < -0.4 is 10.1 Å². The number of nitrogens with one attached hydrogen (secondary N) is 1. The summed E-state index contributed by atoms with van der Waals surface area (Å²) in [6.07, 6.45) is 1.13. The molecule has 1 aliphatic carbocycles. The third-order valence-electron chi connectivity index (χ3n) is 4.20. The number of benzene rings is 2. The van der Waals surface area contributed by atoms with Crippen LogP contribution in [-0.2, 0) is 6.42 Å². The first-order valence-electron chi connectivity index (χ1n) is 6.39. The highest BCUT2D eigenvalue weighted by atomic mass is 16.5. The maximum absolute atomic E-state index is 5.34. The van der Waals surface area contributed by atoms with Crippen molar-refractivity contribution < 1.29 is 4.74 Å². The molecular weight excluding hydrogens is 222 g/mol. The van der Waals surface area contributed by atoms with E-state index in [1.807, 2.05) is 6.07 Å². The highest BCUT2D eigenvalue weighted by Gasteiger charge is 2.39. The molecule has 1 heterocycles. The molecule has 0 bridgehead atoms. The van der Waals surface area contributed by atoms with E-state index >= 15 is 0 Å². The average molecular weight is 237 g/mol. The van der Waals surface area contributed by atoms with Gasteiger partial charge in [0, 0.05) is 11.6 Å². The maximum Gasteiger partial charge on any atom is 0.119 e. The summed E-state index contributed by atoms with van der Waals surface area (Å²) >= 11 is 0. The van der Waals surface area contributed by atoms with Crippen LogP contribution in [-0.4, -0.2) is 7.11 Å². The highest BCUT2D eigenvalue weighted by molar-refractivity contribution is 5.65. The molecule has 0 spiro atoms. The van der Waals surface area contributed by atoms with Crippen molar-refractivity contribution in [3.05, 3.63) is 59.2 Å². The molecule has 0 aromatic heterocycles. The van der Waals surface area contributed by atoms with Crippen LogP contribution in [0.4, 0.5) is 5.69 Å². The fourth-order valence-corrected chi connectivity index (χ4v) is 3.34. The number of ether oxygens (including phenoxy) is 1. The summed E-state index contributed by atoms with van der Waals surface area (Å²) < 4.78 is 5.34. The van der Waals surface area contributed by atoms with Crippen molar-refractivity contribution >= 4 is 5.69 Å². The molecule has 0 radical (unpaired) electrons. The number of methoxy groups -OCH3 is 1. The second kappa shape index (κ2) is 3.52. The van der Waals surface area contributed by atoms with Gasteiger partial charge in [-0.2, -0.15) is 0 Å². The van der Waals surface area contributed by atoms with Crippen LogP contribution >= 0.6 is 0 Å². The zero-order chi connectivity index (χ0) is 12.1. The first-order valence-corrected chi connectivity index (χ1v) is 6.39. The number of rotatable bonds is 1. The van der Waals surface area contributed by atoms with Gasteiger partial charge in [0.1, 0.15) is 5.75 Å². The Morgan fingerprint density at radius 3 is 2.89 bits per heavy atom.